The summed E-state index contributed by atoms with van der Waals surface area (Å²) in [5.41, 5.74) is 2.70. The molecule has 10 heteroatoms. The largest absolute Gasteiger partial charge is 0.478 e. The van der Waals surface area contributed by atoms with Gasteiger partial charge in [0.1, 0.15) is 5.75 Å². The second-order valence-corrected chi connectivity index (χ2v) is 13.8. The molecule has 5 aromatic rings. The van der Waals surface area contributed by atoms with Crippen LogP contribution in [-0.2, 0) is 16.6 Å². The number of Topliss-reactive ketones (excluding diaryl/α,β-unsaturated/α-hetero) is 1. The van der Waals surface area contributed by atoms with E-state index < -0.39 is 29.7 Å². The number of anilines is 1. The number of ether oxygens (including phenoxy) is 2. The highest BCUT2D eigenvalue weighted by Gasteiger charge is 2.35. The Hall–Kier alpha value is -5.41. The Morgan fingerprint density at radius 3 is 2.04 bits per heavy atom. The summed E-state index contributed by atoms with van der Waals surface area (Å²) in [6, 6.07) is 26.6. The van der Waals surface area contributed by atoms with Gasteiger partial charge >= 0.3 is 11.9 Å². The number of nitrogens with one attached hydrogen (secondary N) is 1. The first-order valence-corrected chi connectivity index (χ1v) is 19.0. The number of carbonyl (C=O) groups is 4. The summed E-state index contributed by atoms with van der Waals surface area (Å²) in [7, 11) is 1.85. The standard InChI is InChI=1S/C44H47ClN2O7/c1-3-4-5-6-7-8-9-10-11-17-28-53-44(52)32-24-27-35(45)36(29-32)46-42(49)41(54-33-25-22-31(23-26-33)43(50)51)40(48)38-34-20-15-16-21-37(34)47(2)39(38)30-18-13-12-14-19-30/h12-16,18-27,29,41H,3-11,17,28H2,1-2H3,(H,46,49)(H,50,51). The predicted molar refractivity (Wildman–Crippen MR) is 213 cm³/mol. The summed E-state index contributed by atoms with van der Waals surface area (Å²) in [4.78, 5) is 53.4. The number of nitrogens with zero attached hydrogens (tertiary/aromatic N) is 1. The molecule has 1 amide bonds. The molecule has 5 rings (SSSR count). The summed E-state index contributed by atoms with van der Waals surface area (Å²) in [5, 5.41) is 12.9. The van der Waals surface area contributed by atoms with Crippen molar-refractivity contribution in [3.8, 4) is 17.0 Å². The Bertz CT molecular complexity index is 2060. The Kier molecular flexibility index (Phi) is 14.4. The van der Waals surface area contributed by atoms with Crippen LogP contribution in [0.15, 0.2) is 97.1 Å². The van der Waals surface area contributed by atoms with Crippen LogP contribution >= 0.6 is 11.6 Å². The van der Waals surface area contributed by atoms with Crippen molar-refractivity contribution in [2.75, 3.05) is 11.9 Å². The van der Waals surface area contributed by atoms with Gasteiger partial charge in [-0.05, 0) is 60.5 Å². The fourth-order valence-electron chi connectivity index (χ4n) is 6.53. The van der Waals surface area contributed by atoms with Gasteiger partial charge < -0.3 is 24.5 Å². The summed E-state index contributed by atoms with van der Waals surface area (Å²) >= 11 is 6.51. The van der Waals surface area contributed by atoms with E-state index in [0.717, 1.165) is 30.3 Å². The lowest BCUT2D eigenvalue weighted by Gasteiger charge is -2.19. The van der Waals surface area contributed by atoms with Gasteiger partial charge in [-0.1, -0.05) is 125 Å². The van der Waals surface area contributed by atoms with Gasteiger partial charge in [-0.15, -0.1) is 0 Å². The van der Waals surface area contributed by atoms with Gasteiger partial charge in [0.25, 0.3) is 5.91 Å². The zero-order chi connectivity index (χ0) is 38.5. The SMILES string of the molecule is CCCCCCCCCCCCOC(=O)c1ccc(Cl)c(NC(=O)C(Oc2ccc(C(=O)O)cc2)C(=O)c2c(-c3ccccc3)n(C)c3ccccc23)c1. The van der Waals surface area contributed by atoms with Crippen molar-refractivity contribution in [3.63, 3.8) is 0 Å². The van der Waals surface area contributed by atoms with Crippen LogP contribution in [-0.4, -0.2) is 46.0 Å². The zero-order valence-corrected chi connectivity index (χ0v) is 31.6. The van der Waals surface area contributed by atoms with Gasteiger partial charge in [-0.2, -0.15) is 0 Å². The number of amides is 1. The molecule has 1 aromatic heterocycles. The second kappa shape index (κ2) is 19.6. The van der Waals surface area contributed by atoms with Crippen molar-refractivity contribution >= 4 is 51.8 Å². The molecule has 1 atom stereocenters. The average Bonchev–Trinajstić information content (AvgIpc) is 3.48. The first kappa shape index (κ1) is 39.8. The molecule has 0 spiro atoms. The Morgan fingerprint density at radius 1 is 0.759 bits per heavy atom. The van der Waals surface area contributed by atoms with Crippen LogP contribution in [0.4, 0.5) is 5.69 Å². The third-order valence-electron chi connectivity index (χ3n) is 9.42. The lowest BCUT2D eigenvalue weighted by atomic mass is 9.98. The lowest BCUT2D eigenvalue weighted by Crippen LogP contribution is -2.40. The summed E-state index contributed by atoms with van der Waals surface area (Å²) in [6.07, 6.45) is 9.91. The highest BCUT2D eigenvalue weighted by molar-refractivity contribution is 6.34. The van der Waals surface area contributed by atoms with Crippen molar-refractivity contribution in [2.45, 2.75) is 77.2 Å². The minimum Gasteiger partial charge on any atom is -0.478 e. The Labute approximate surface area is 321 Å². The zero-order valence-electron chi connectivity index (χ0n) is 30.8. The summed E-state index contributed by atoms with van der Waals surface area (Å²) < 4.78 is 13.5. The van der Waals surface area contributed by atoms with E-state index in [2.05, 4.69) is 12.2 Å². The number of carboxylic acid groups (broad SMARTS) is 1. The number of para-hydroxylation sites is 1. The fraction of sp³-hybridized carbons (Fsp3) is 0.318. The molecule has 0 aliphatic heterocycles. The van der Waals surface area contributed by atoms with E-state index in [4.69, 9.17) is 21.1 Å². The number of ketones is 1. The highest BCUT2D eigenvalue weighted by Crippen LogP contribution is 2.35. The topological polar surface area (TPSA) is 124 Å². The van der Waals surface area contributed by atoms with Crippen LogP contribution in [0.1, 0.15) is 102 Å². The molecule has 0 aliphatic carbocycles. The maximum Gasteiger partial charge on any atom is 0.338 e. The first-order chi connectivity index (χ1) is 26.2. The molecule has 54 heavy (non-hydrogen) atoms. The first-order valence-electron chi connectivity index (χ1n) is 18.6. The van der Waals surface area contributed by atoms with E-state index in [-0.39, 0.29) is 39.8 Å². The number of benzene rings is 4. The van der Waals surface area contributed by atoms with E-state index in [1.807, 2.05) is 66.2 Å². The molecular formula is C44H47ClN2O7. The van der Waals surface area contributed by atoms with Gasteiger partial charge in [-0.3, -0.25) is 9.59 Å². The highest BCUT2D eigenvalue weighted by atomic mass is 35.5. The average molecular weight is 751 g/mol. The number of halogens is 1. The third-order valence-corrected chi connectivity index (χ3v) is 9.75. The number of fused-ring (bicyclic) bond motifs is 1. The van der Waals surface area contributed by atoms with Crippen LogP contribution in [0.2, 0.25) is 5.02 Å². The van der Waals surface area contributed by atoms with E-state index in [0.29, 0.717) is 11.1 Å². The van der Waals surface area contributed by atoms with Crippen molar-refractivity contribution in [2.24, 2.45) is 7.05 Å². The van der Waals surface area contributed by atoms with Gasteiger partial charge in [0.2, 0.25) is 11.9 Å². The molecule has 9 nitrogen and oxygen atoms in total. The molecule has 282 valence electrons. The summed E-state index contributed by atoms with van der Waals surface area (Å²) in [5.74, 6) is -3.05. The van der Waals surface area contributed by atoms with Crippen molar-refractivity contribution in [1.82, 2.24) is 4.57 Å². The second-order valence-electron chi connectivity index (χ2n) is 13.4. The maximum absolute atomic E-state index is 14.7. The minimum absolute atomic E-state index is 0.0127. The Morgan fingerprint density at radius 2 is 1.37 bits per heavy atom. The third kappa shape index (κ3) is 10.2. The molecule has 0 aliphatic rings. The summed E-state index contributed by atoms with van der Waals surface area (Å²) in [6.45, 7) is 2.50. The number of carboxylic acids is 1. The maximum atomic E-state index is 14.7. The molecule has 0 radical (unpaired) electrons. The van der Waals surface area contributed by atoms with E-state index >= 15 is 0 Å². The number of rotatable bonds is 20. The number of carbonyl (C=O) groups excluding carboxylic acids is 3. The van der Waals surface area contributed by atoms with E-state index in [1.54, 1.807) is 0 Å². The monoisotopic (exact) mass is 750 g/mol. The van der Waals surface area contributed by atoms with Gasteiger partial charge in [0.15, 0.2) is 0 Å². The van der Waals surface area contributed by atoms with E-state index in [9.17, 15) is 24.3 Å². The molecule has 0 fully saturated rings. The smallest absolute Gasteiger partial charge is 0.338 e. The lowest BCUT2D eigenvalue weighted by molar-refractivity contribution is -0.120. The van der Waals surface area contributed by atoms with Crippen LogP contribution in [0.5, 0.6) is 5.75 Å². The molecule has 0 saturated carbocycles. The van der Waals surface area contributed by atoms with E-state index in [1.165, 1.54) is 87.4 Å². The number of esters is 1. The van der Waals surface area contributed by atoms with Gasteiger partial charge in [0, 0.05) is 18.0 Å². The van der Waals surface area contributed by atoms with Crippen molar-refractivity contribution in [3.05, 3.63) is 119 Å². The van der Waals surface area contributed by atoms with Crippen LogP contribution in [0.25, 0.3) is 22.2 Å². The van der Waals surface area contributed by atoms with Gasteiger partial charge in [-0.25, -0.2) is 9.59 Å². The predicted octanol–water partition coefficient (Wildman–Crippen LogP) is 10.5. The molecule has 1 unspecified atom stereocenters. The van der Waals surface area contributed by atoms with Crippen molar-refractivity contribution < 1.29 is 33.8 Å². The normalized spacial score (nSPS) is 11.6. The number of hydrogen-bond donors (Lipinski definition) is 2. The number of hydrogen-bond acceptors (Lipinski definition) is 6. The number of unbranched alkanes of at least 4 members (excludes halogenated alkanes) is 9. The van der Waals surface area contributed by atoms with Crippen LogP contribution in [0.3, 0.4) is 0 Å². The number of aryl methyl sites for hydroxylation is 1. The van der Waals surface area contributed by atoms with Crippen LogP contribution < -0.4 is 10.1 Å². The number of aromatic carboxylic acids is 1. The van der Waals surface area contributed by atoms with Gasteiger partial charge in [0.05, 0.1) is 39.7 Å². The molecule has 2 N–H and O–H groups in total. The molecular weight excluding hydrogens is 704 g/mol. The van der Waals surface area contributed by atoms with Crippen molar-refractivity contribution in [1.29, 1.82) is 0 Å². The molecule has 0 saturated heterocycles. The molecule has 4 aromatic carbocycles. The molecule has 1 heterocycles. The Balaban J connectivity index is 1.35. The molecule has 0 bridgehead atoms. The van der Waals surface area contributed by atoms with Crippen LogP contribution in [0, 0.1) is 0 Å². The fourth-order valence-corrected chi connectivity index (χ4v) is 6.69. The number of aromatic nitrogens is 1. The minimum atomic E-state index is -1.74. The quantitative estimate of drug-likeness (QED) is 0.0351.